The van der Waals surface area contributed by atoms with Crippen molar-refractivity contribution in [3.8, 4) is 0 Å². The summed E-state index contributed by atoms with van der Waals surface area (Å²) in [4.78, 5) is 26.5. The molecule has 1 aliphatic carbocycles. The highest BCUT2D eigenvalue weighted by molar-refractivity contribution is 5.93. The molecule has 2 fully saturated rings. The fourth-order valence-corrected chi connectivity index (χ4v) is 4.09. The van der Waals surface area contributed by atoms with Crippen LogP contribution >= 0.6 is 0 Å². The summed E-state index contributed by atoms with van der Waals surface area (Å²) in [7, 11) is 1.66. The second kappa shape index (κ2) is 6.97. The van der Waals surface area contributed by atoms with Crippen molar-refractivity contribution in [2.24, 2.45) is 0 Å². The van der Waals surface area contributed by atoms with Crippen LogP contribution in [0.1, 0.15) is 54.6 Å². The zero-order valence-electron chi connectivity index (χ0n) is 14.5. The number of amides is 2. The van der Waals surface area contributed by atoms with Crippen LogP contribution in [0.5, 0.6) is 0 Å². The highest BCUT2D eigenvalue weighted by atomic mass is 16.5. The molecular formula is C18H26N2O4. The summed E-state index contributed by atoms with van der Waals surface area (Å²) in [5.74, 6) is 0.492. The molecule has 3 rings (SSSR count). The van der Waals surface area contributed by atoms with Crippen molar-refractivity contribution in [3.63, 3.8) is 0 Å². The number of ether oxygens (including phenoxy) is 1. The van der Waals surface area contributed by atoms with Gasteiger partial charge >= 0.3 is 0 Å². The molecule has 6 heteroatoms. The molecule has 0 bridgehead atoms. The lowest BCUT2D eigenvalue weighted by atomic mass is 9.77. The van der Waals surface area contributed by atoms with Crippen molar-refractivity contribution < 1.29 is 18.7 Å². The molecule has 1 N–H and O–H groups in total. The fraction of sp³-hybridized carbons (Fsp3) is 0.667. The van der Waals surface area contributed by atoms with Gasteiger partial charge in [0.1, 0.15) is 0 Å². The van der Waals surface area contributed by atoms with Gasteiger partial charge in [-0.1, -0.05) is 0 Å². The van der Waals surface area contributed by atoms with Crippen LogP contribution in [0.25, 0.3) is 0 Å². The number of hydrogen-bond donors (Lipinski definition) is 1. The van der Waals surface area contributed by atoms with E-state index in [0.717, 1.165) is 37.7 Å². The summed E-state index contributed by atoms with van der Waals surface area (Å²) >= 11 is 0. The van der Waals surface area contributed by atoms with Crippen molar-refractivity contribution in [1.29, 1.82) is 0 Å². The maximum absolute atomic E-state index is 12.3. The van der Waals surface area contributed by atoms with Gasteiger partial charge in [-0.25, -0.2) is 0 Å². The van der Waals surface area contributed by atoms with Crippen molar-refractivity contribution in [2.45, 2.75) is 57.0 Å². The Morgan fingerprint density at radius 3 is 2.79 bits per heavy atom. The minimum Gasteiger partial charge on any atom is -0.459 e. The van der Waals surface area contributed by atoms with Gasteiger partial charge in [0.05, 0.1) is 12.9 Å². The van der Waals surface area contributed by atoms with Crippen molar-refractivity contribution >= 4 is 11.8 Å². The van der Waals surface area contributed by atoms with E-state index in [2.05, 4.69) is 5.32 Å². The van der Waals surface area contributed by atoms with Gasteiger partial charge < -0.3 is 19.4 Å². The first-order chi connectivity index (χ1) is 11.6. The monoisotopic (exact) mass is 334 g/mol. The highest BCUT2D eigenvalue weighted by Crippen LogP contribution is 2.42. The number of nitrogens with zero attached hydrogens (tertiary/aromatic N) is 1. The van der Waals surface area contributed by atoms with E-state index in [1.807, 2.05) is 11.8 Å². The predicted octanol–water partition coefficient (Wildman–Crippen LogP) is 2.27. The van der Waals surface area contributed by atoms with E-state index in [1.54, 1.807) is 13.2 Å². The van der Waals surface area contributed by atoms with Crippen LogP contribution in [0.4, 0.5) is 0 Å². The van der Waals surface area contributed by atoms with E-state index in [9.17, 15) is 9.59 Å². The molecule has 6 nitrogen and oxygen atoms in total. The third kappa shape index (κ3) is 3.20. The molecule has 0 unspecified atom stereocenters. The van der Waals surface area contributed by atoms with Gasteiger partial charge in [-0.05, 0) is 45.1 Å². The van der Waals surface area contributed by atoms with Crippen molar-refractivity contribution in [1.82, 2.24) is 10.2 Å². The SMILES string of the molecule is COCCN1C(=O)CCC12CCC(NC(=O)c1occc1C)CC2. The molecule has 1 saturated carbocycles. The Balaban J connectivity index is 1.58. The number of nitrogens with one attached hydrogen (secondary N) is 1. The molecule has 2 aliphatic rings. The van der Waals surface area contributed by atoms with Gasteiger partial charge in [0.15, 0.2) is 5.76 Å². The molecular weight excluding hydrogens is 308 g/mol. The Morgan fingerprint density at radius 1 is 1.42 bits per heavy atom. The fourth-order valence-electron chi connectivity index (χ4n) is 4.09. The Hall–Kier alpha value is -1.82. The van der Waals surface area contributed by atoms with E-state index in [1.165, 1.54) is 6.26 Å². The highest BCUT2D eigenvalue weighted by Gasteiger charge is 2.46. The number of furan rings is 1. The molecule has 2 heterocycles. The third-order valence-electron chi connectivity index (χ3n) is 5.52. The van der Waals surface area contributed by atoms with Crippen molar-refractivity contribution in [3.05, 3.63) is 23.7 Å². The number of carbonyl (C=O) groups excluding carboxylic acids is 2. The van der Waals surface area contributed by atoms with Crippen LogP contribution in [0.3, 0.4) is 0 Å². The summed E-state index contributed by atoms with van der Waals surface area (Å²) in [6, 6.07) is 1.94. The summed E-state index contributed by atoms with van der Waals surface area (Å²) in [5.41, 5.74) is 0.823. The Labute approximate surface area is 142 Å². The summed E-state index contributed by atoms with van der Waals surface area (Å²) in [5, 5.41) is 3.08. The number of hydrogen-bond acceptors (Lipinski definition) is 4. The molecule has 0 radical (unpaired) electrons. The second-order valence-corrected chi connectivity index (χ2v) is 6.94. The molecule has 2 amide bonds. The number of likely N-dealkylation sites (tertiary alicyclic amines) is 1. The topological polar surface area (TPSA) is 71.8 Å². The Bertz CT molecular complexity index is 602. The molecule has 1 aromatic heterocycles. The molecule has 0 aromatic carbocycles. The second-order valence-electron chi connectivity index (χ2n) is 6.94. The van der Waals surface area contributed by atoms with E-state index in [4.69, 9.17) is 9.15 Å². The number of rotatable bonds is 5. The van der Waals surface area contributed by atoms with Gasteiger partial charge in [0, 0.05) is 37.2 Å². The van der Waals surface area contributed by atoms with E-state index < -0.39 is 0 Å². The quantitative estimate of drug-likeness (QED) is 0.896. The molecule has 132 valence electrons. The van der Waals surface area contributed by atoms with Crippen molar-refractivity contribution in [2.75, 3.05) is 20.3 Å². The van der Waals surface area contributed by atoms with E-state index in [0.29, 0.717) is 25.3 Å². The van der Waals surface area contributed by atoms with Crippen LogP contribution in [-0.2, 0) is 9.53 Å². The van der Waals surface area contributed by atoms with E-state index in [-0.39, 0.29) is 23.4 Å². The van der Waals surface area contributed by atoms with Crippen LogP contribution < -0.4 is 5.32 Å². The molecule has 1 spiro atoms. The largest absolute Gasteiger partial charge is 0.459 e. The molecule has 1 aliphatic heterocycles. The molecule has 1 saturated heterocycles. The number of carbonyl (C=O) groups is 2. The van der Waals surface area contributed by atoms with Crippen LogP contribution in [0.15, 0.2) is 16.7 Å². The van der Waals surface area contributed by atoms with E-state index >= 15 is 0 Å². The minimum atomic E-state index is -0.141. The third-order valence-corrected chi connectivity index (χ3v) is 5.52. The molecule has 1 aromatic rings. The smallest absolute Gasteiger partial charge is 0.287 e. The first-order valence-electron chi connectivity index (χ1n) is 8.70. The lowest BCUT2D eigenvalue weighted by Gasteiger charge is -2.43. The van der Waals surface area contributed by atoms with Gasteiger partial charge in [-0.15, -0.1) is 0 Å². The average Bonchev–Trinajstić information content (AvgIpc) is 3.13. The number of methoxy groups -OCH3 is 1. The van der Waals surface area contributed by atoms with Crippen LogP contribution in [0, 0.1) is 6.92 Å². The summed E-state index contributed by atoms with van der Waals surface area (Å²) in [6.07, 6.45) is 6.75. The minimum absolute atomic E-state index is 0.0303. The first kappa shape index (κ1) is 17.0. The molecule has 24 heavy (non-hydrogen) atoms. The predicted molar refractivity (Wildman–Crippen MR) is 88.7 cm³/mol. The van der Waals surface area contributed by atoms with Gasteiger partial charge in [-0.2, -0.15) is 0 Å². The lowest BCUT2D eigenvalue weighted by Crippen LogP contribution is -2.52. The van der Waals surface area contributed by atoms with Gasteiger partial charge in [0.2, 0.25) is 5.91 Å². The Kier molecular flexibility index (Phi) is 4.94. The Morgan fingerprint density at radius 2 is 2.17 bits per heavy atom. The van der Waals surface area contributed by atoms with Crippen LogP contribution in [-0.4, -0.2) is 48.6 Å². The lowest BCUT2D eigenvalue weighted by molar-refractivity contribution is -0.133. The number of aryl methyl sites for hydroxylation is 1. The standard InChI is InChI=1S/C18H26N2O4/c1-13-6-11-24-16(13)17(22)19-14-3-7-18(8-4-14)9-5-15(21)20(18)10-12-23-2/h6,11,14H,3-5,7-10,12H2,1-2H3,(H,19,22). The zero-order valence-corrected chi connectivity index (χ0v) is 14.5. The maximum Gasteiger partial charge on any atom is 0.287 e. The van der Waals surface area contributed by atoms with Crippen LogP contribution in [0.2, 0.25) is 0 Å². The summed E-state index contributed by atoms with van der Waals surface area (Å²) < 4.78 is 10.4. The van der Waals surface area contributed by atoms with Gasteiger partial charge in [0.25, 0.3) is 5.91 Å². The van der Waals surface area contributed by atoms with Gasteiger partial charge in [-0.3, -0.25) is 9.59 Å². The average molecular weight is 334 g/mol. The maximum atomic E-state index is 12.3. The normalized spacial score (nSPS) is 27.0. The summed E-state index contributed by atoms with van der Waals surface area (Å²) in [6.45, 7) is 3.11. The zero-order chi connectivity index (χ0) is 17.2. The first-order valence-corrected chi connectivity index (χ1v) is 8.70. The molecule has 0 atom stereocenters.